The summed E-state index contributed by atoms with van der Waals surface area (Å²) in [5, 5.41) is 0. The van der Waals surface area contributed by atoms with Crippen molar-refractivity contribution in [2.45, 2.75) is 38.6 Å². The third-order valence-corrected chi connectivity index (χ3v) is 3.51. The maximum Gasteiger partial charge on any atom is 0.0607 e. The molecule has 1 saturated heterocycles. The molecule has 1 aromatic carbocycles. The minimum Gasteiger partial charge on any atom is -0.289 e. The van der Waals surface area contributed by atoms with Gasteiger partial charge in [0.15, 0.2) is 0 Å². The lowest BCUT2D eigenvalue weighted by molar-refractivity contribution is 0.163. The van der Waals surface area contributed by atoms with Crippen LogP contribution in [0.1, 0.15) is 38.2 Å². The van der Waals surface area contributed by atoms with E-state index in [9.17, 15) is 0 Å². The lowest BCUT2D eigenvalue weighted by Crippen LogP contribution is -2.39. The van der Waals surface area contributed by atoms with Gasteiger partial charge in [0.05, 0.1) is 6.54 Å². The van der Waals surface area contributed by atoms with Gasteiger partial charge in [-0.1, -0.05) is 43.4 Å². The van der Waals surface area contributed by atoms with Crippen LogP contribution in [0.15, 0.2) is 30.3 Å². The van der Waals surface area contributed by atoms with Gasteiger partial charge in [0, 0.05) is 11.6 Å². The van der Waals surface area contributed by atoms with Gasteiger partial charge >= 0.3 is 0 Å². The Bertz CT molecular complexity index is 385. The van der Waals surface area contributed by atoms with Crippen LogP contribution in [0.2, 0.25) is 0 Å². The van der Waals surface area contributed by atoms with Crippen molar-refractivity contribution in [2.24, 2.45) is 0 Å². The first-order valence-electron chi connectivity index (χ1n) is 6.68. The number of nitrogens with zero attached hydrogens (tertiary/aromatic N) is 1. The van der Waals surface area contributed by atoms with Gasteiger partial charge in [0.25, 0.3) is 0 Å². The van der Waals surface area contributed by atoms with E-state index in [4.69, 9.17) is 0 Å². The molecule has 1 heteroatoms. The lowest BCUT2D eigenvalue weighted by Gasteiger charge is -2.33. The molecule has 1 aliphatic rings. The summed E-state index contributed by atoms with van der Waals surface area (Å²) in [4.78, 5) is 2.54. The highest BCUT2D eigenvalue weighted by Gasteiger charge is 2.19. The lowest BCUT2D eigenvalue weighted by atomic mass is 10.0. The fourth-order valence-electron chi connectivity index (χ4n) is 2.50. The average Bonchev–Trinajstić information content (AvgIpc) is 2.40. The average molecular weight is 227 g/mol. The third-order valence-electron chi connectivity index (χ3n) is 3.51. The SMILES string of the molecule is CCC1CCCCN1CC#Cc1ccccc1. The second kappa shape index (κ2) is 6.47. The largest absolute Gasteiger partial charge is 0.289 e. The molecule has 1 atom stereocenters. The Morgan fingerprint density at radius 2 is 2.06 bits per heavy atom. The topological polar surface area (TPSA) is 3.24 Å². The summed E-state index contributed by atoms with van der Waals surface area (Å²) in [7, 11) is 0. The van der Waals surface area contributed by atoms with Crippen molar-refractivity contribution in [2.75, 3.05) is 13.1 Å². The molecule has 0 saturated carbocycles. The van der Waals surface area contributed by atoms with Crippen molar-refractivity contribution in [3.05, 3.63) is 35.9 Å². The van der Waals surface area contributed by atoms with E-state index in [1.807, 2.05) is 18.2 Å². The summed E-state index contributed by atoms with van der Waals surface area (Å²) in [6.45, 7) is 4.43. The van der Waals surface area contributed by atoms with Crippen molar-refractivity contribution < 1.29 is 0 Å². The number of likely N-dealkylation sites (tertiary alicyclic amines) is 1. The fourth-order valence-corrected chi connectivity index (χ4v) is 2.50. The van der Waals surface area contributed by atoms with Crippen LogP contribution >= 0.6 is 0 Å². The van der Waals surface area contributed by atoms with Gasteiger partial charge in [-0.25, -0.2) is 0 Å². The summed E-state index contributed by atoms with van der Waals surface area (Å²) in [6.07, 6.45) is 5.33. The molecule has 2 rings (SSSR count). The molecule has 0 amide bonds. The Balaban J connectivity index is 1.91. The molecule has 0 aliphatic carbocycles. The van der Waals surface area contributed by atoms with Gasteiger partial charge in [-0.15, -0.1) is 0 Å². The third kappa shape index (κ3) is 3.61. The Kier molecular flexibility index (Phi) is 4.64. The second-order valence-electron chi connectivity index (χ2n) is 4.70. The first-order valence-corrected chi connectivity index (χ1v) is 6.68. The van der Waals surface area contributed by atoms with E-state index in [0.717, 1.165) is 18.2 Å². The van der Waals surface area contributed by atoms with Gasteiger partial charge in [0.2, 0.25) is 0 Å². The first kappa shape index (κ1) is 12.2. The molecule has 1 unspecified atom stereocenters. The van der Waals surface area contributed by atoms with E-state index in [1.54, 1.807) is 0 Å². The summed E-state index contributed by atoms with van der Waals surface area (Å²) >= 11 is 0. The molecule has 0 bridgehead atoms. The van der Waals surface area contributed by atoms with E-state index in [0.29, 0.717) is 0 Å². The van der Waals surface area contributed by atoms with E-state index < -0.39 is 0 Å². The molecule has 0 aromatic heterocycles. The molecule has 90 valence electrons. The van der Waals surface area contributed by atoms with Crippen LogP contribution in [0.25, 0.3) is 0 Å². The number of hydrogen-bond donors (Lipinski definition) is 0. The van der Waals surface area contributed by atoms with Gasteiger partial charge < -0.3 is 0 Å². The van der Waals surface area contributed by atoms with Gasteiger partial charge in [-0.3, -0.25) is 4.90 Å². The number of benzene rings is 1. The summed E-state index contributed by atoms with van der Waals surface area (Å²) in [5.74, 6) is 6.56. The van der Waals surface area contributed by atoms with Crippen LogP contribution in [-0.2, 0) is 0 Å². The monoisotopic (exact) mass is 227 g/mol. The molecule has 1 aliphatic heterocycles. The quantitative estimate of drug-likeness (QED) is 0.701. The highest BCUT2D eigenvalue weighted by molar-refractivity contribution is 5.33. The predicted octanol–water partition coefficient (Wildman–Crippen LogP) is 3.30. The molecule has 1 fully saturated rings. The van der Waals surface area contributed by atoms with E-state index in [1.165, 1.54) is 32.2 Å². The molecule has 17 heavy (non-hydrogen) atoms. The zero-order chi connectivity index (χ0) is 11.9. The van der Waals surface area contributed by atoms with Gasteiger partial charge in [-0.2, -0.15) is 0 Å². The van der Waals surface area contributed by atoms with Crippen molar-refractivity contribution >= 4 is 0 Å². The standard InChI is InChI=1S/C16H21N/c1-2-16-12-6-7-13-17(16)14-8-11-15-9-4-3-5-10-15/h3-5,9-10,16H,2,6-7,12-14H2,1H3. The summed E-state index contributed by atoms with van der Waals surface area (Å²) < 4.78 is 0. The molecule has 0 radical (unpaired) electrons. The summed E-state index contributed by atoms with van der Waals surface area (Å²) in [6, 6.07) is 11.0. The first-order chi connectivity index (χ1) is 8.40. The molecular formula is C16H21N. The zero-order valence-corrected chi connectivity index (χ0v) is 10.7. The molecule has 1 nitrogen and oxygen atoms in total. The van der Waals surface area contributed by atoms with Gasteiger partial charge in [-0.05, 0) is 37.9 Å². The van der Waals surface area contributed by atoms with Crippen LogP contribution in [0.4, 0.5) is 0 Å². The fraction of sp³-hybridized carbons (Fsp3) is 0.500. The van der Waals surface area contributed by atoms with Crippen LogP contribution in [0, 0.1) is 11.8 Å². The van der Waals surface area contributed by atoms with Crippen LogP contribution in [0.5, 0.6) is 0 Å². The molecular weight excluding hydrogens is 206 g/mol. The summed E-state index contributed by atoms with van der Waals surface area (Å²) in [5.41, 5.74) is 1.12. The highest BCUT2D eigenvalue weighted by atomic mass is 15.2. The predicted molar refractivity (Wildman–Crippen MR) is 72.8 cm³/mol. The minimum atomic E-state index is 0.758. The minimum absolute atomic E-state index is 0.758. The number of piperidine rings is 1. The zero-order valence-electron chi connectivity index (χ0n) is 10.7. The molecule has 1 heterocycles. The van der Waals surface area contributed by atoms with E-state index in [2.05, 4.69) is 35.8 Å². The Hall–Kier alpha value is -1.26. The molecule has 0 N–H and O–H groups in total. The Labute approximate surface area is 105 Å². The van der Waals surface area contributed by atoms with Gasteiger partial charge in [0.1, 0.15) is 0 Å². The van der Waals surface area contributed by atoms with Crippen LogP contribution in [0.3, 0.4) is 0 Å². The Morgan fingerprint density at radius 1 is 1.24 bits per heavy atom. The molecule has 0 spiro atoms. The smallest absolute Gasteiger partial charge is 0.0607 e. The molecule has 1 aromatic rings. The van der Waals surface area contributed by atoms with E-state index in [-0.39, 0.29) is 0 Å². The normalized spacial score (nSPS) is 20.6. The van der Waals surface area contributed by atoms with Crippen molar-refractivity contribution in [1.82, 2.24) is 4.90 Å². The Morgan fingerprint density at radius 3 is 2.82 bits per heavy atom. The maximum absolute atomic E-state index is 3.31. The van der Waals surface area contributed by atoms with E-state index >= 15 is 0 Å². The number of rotatable bonds is 2. The van der Waals surface area contributed by atoms with Crippen LogP contribution in [-0.4, -0.2) is 24.0 Å². The number of hydrogen-bond acceptors (Lipinski definition) is 1. The van der Waals surface area contributed by atoms with Crippen molar-refractivity contribution in [3.63, 3.8) is 0 Å². The highest BCUT2D eigenvalue weighted by Crippen LogP contribution is 2.18. The van der Waals surface area contributed by atoms with Crippen molar-refractivity contribution in [3.8, 4) is 11.8 Å². The second-order valence-corrected chi connectivity index (χ2v) is 4.70. The maximum atomic E-state index is 3.31. The van der Waals surface area contributed by atoms with Crippen molar-refractivity contribution in [1.29, 1.82) is 0 Å². The van der Waals surface area contributed by atoms with Crippen LogP contribution < -0.4 is 0 Å².